The predicted molar refractivity (Wildman–Crippen MR) is 156 cm³/mol. The van der Waals surface area contributed by atoms with Crippen molar-refractivity contribution in [3.63, 3.8) is 0 Å². The standard InChI is InChI=1S/C30H35B2NO8/c1-2-6-18(13-19-7-3-4-10-25(19)35)11-12-26-27-20(17-34)14-23-28(24(27)16-31(38)41-26)30(37)33(29(23)36)22-9-5-8-21(15-22)32(39)40/h3-5,7-10,13,15,23-24,26,28,34-35,38-40H,2,6,11-12,14,16-17H2,1H3/b18-13+/t23-,24+,26-,28-/m1/s1. The highest BCUT2D eigenvalue weighted by Crippen LogP contribution is 2.51. The maximum atomic E-state index is 13.8. The van der Waals surface area contributed by atoms with Crippen molar-refractivity contribution in [1.82, 2.24) is 0 Å². The number of aliphatic hydroxyl groups is 1. The molecule has 41 heavy (non-hydrogen) atoms. The molecule has 2 heterocycles. The van der Waals surface area contributed by atoms with Gasteiger partial charge in [0.1, 0.15) is 5.75 Å². The SMILES string of the molecule is CCC/C(=C\c1ccccc1O)CC[C@H]1OB(O)C[C@H]2C1=C(CO)C[C@H]1C(=O)N(c3cccc(B(O)O)c3)C(=O)[C@H]12. The number of imide groups is 1. The highest BCUT2D eigenvalue weighted by atomic mass is 16.5. The van der Waals surface area contributed by atoms with E-state index in [1.165, 1.54) is 12.1 Å². The van der Waals surface area contributed by atoms with Crippen molar-refractivity contribution in [3.05, 3.63) is 70.8 Å². The number of hydrogen-bond donors (Lipinski definition) is 5. The summed E-state index contributed by atoms with van der Waals surface area (Å²) in [5.41, 5.74) is 3.71. The number of benzene rings is 2. The first-order valence-corrected chi connectivity index (χ1v) is 14.2. The fourth-order valence-electron chi connectivity index (χ4n) is 6.73. The number of nitrogens with zero attached hydrogens (tertiary/aromatic N) is 1. The molecule has 11 heteroatoms. The molecule has 0 saturated carbocycles. The third-order valence-corrected chi connectivity index (χ3v) is 8.52. The van der Waals surface area contributed by atoms with Gasteiger partial charge in [0.15, 0.2) is 0 Å². The Morgan fingerprint density at radius 2 is 1.88 bits per heavy atom. The summed E-state index contributed by atoms with van der Waals surface area (Å²) in [6.07, 6.45) is 4.63. The highest BCUT2D eigenvalue weighted by molar-refractivity contribution is 6.58. The largest absolute Gasteiger partial charge is 0.507 e. The number of aliphatic hydroxyl groups excluding tert-OH is 1. The maximum Gasteiger partial charge on any atom is 0.488 e. The number of anilines is 1. The van der Waals surface area contributed by atoms with Crippen LogP contribution in [0.25, 0.3) is 6.08 Å². The van der Waals surface area contributed by atoms with Crippen LogP contribution in [0.5, 0.6) is 5.75 Å². The molecule has 0 unspecified atom stereocenters. The lowest BCUT2D eigenvalue weighted by atomic mass is 9.58. The van der Waals surface area contributed by atoms with Crippen molar-refractivity contribution in [2.75, 3.05) is 11.5 Å². The monoisotopic (exact) mass is 559 g/mol. The number of phenolic OH excluding ortho intramolecular Hbond substituents is 1. The maximum absolute atomic E-state index is 13.8. The quantitative estimate of drug-likeness (QED) is 0.178. The first kappa shape index (κ1) is 29.3. The molecule has 0 radical (unpaired) electrons. The van der Waals surface area contributed by atoms with Gasteiger partial charge in [-0.05, 0) is 72.7 Å². The van der Waals surface area contributed by atoms with Crippen LogP contribution in [0, 0.1) is 17.8 Å². The summed E-state index contributed by atoms with van der Waals surface area (Å²) < 4.78 is 6.00. The molecule has 5 rings (SSSR count). The molecule has 0 bridgehead atoms. The molecule has 0 aromatic heterocycles. The zero-order valence-corrected chi connectivity index (χ0v) is 23.0. The Morgan fingerprint density at radius 1 is 1.10 bits per heavy atom. The van der Waals surface area contributed by atoms with Gasteiger partial charge in [-0.15, -0.1) is 0 Å². The lowest BCUT2D eigenvalue weighted by Gasteiger charge is -2.43. The van der Waals surface area contributed by atoms with Gasteiger partial charge in [-0.3, -0.25) is 14.5 Å². The molecular weight excluding hydrogens is 524 g/mol. The number of carbonyl (C=O) groups excluding carboxylic acids is 2. The average Bonchev–Trinajstić information content (AvgIpc) is 3.21. The van der Waals surface area contributed by atoms with Crippen LogP contribution in [-0.4, -0.2) is 64.0 Å². The van der Waals surface area contributed by atoms with Crippen LogP contribution in [0.3, 0.4) is 0 Å². The molecule has 2 aromatic carbocycles. The molecule has 3 aliphatic rings. The van der Waals surface area contributed by atoms with E-state index in [2.05, 4.69) is 6.92 Å². The van der Waals surface area contributed by atoms with Crippen molar-refractivity contribution < 1.29 is 39.5 Å². The summed E-state index contributed by atoms with van der Waals surface area (Å²) in [6, 6.07) is 13.2. The first-order chi connectivity index (χ1) is 19.7. The summed E-state index contributed by atoms with van der Waals surface area (Å²) in [7, 11) is -2.88. The molecule has 5 N–H and O–H groups in total. The van der Waals surface area contributed by atoms with E-state index < -0.39 is 49.9 Å². The fraction of sp³-hybridized carbons (Fsp3) is 0.400. The van der Waals surface area contributed by atoms with Gasteiger partial charge in [0.25, 0.3) is 0 Å². The third kappa shape index (κ3) is 5.78. The molecule has 4 atom stereocenters. The summed E-state index contributed by atoms with van der Waals surface area (Å²) in [5.74, 6) is -2.49. The topological polar surface area (TPSA) is 148 Å². The van der Waals surface area contributed by atoms with E-state index >= 15 is 0 Å². The van der Waals surface area contributed by atoms with Crippen LogP contribution in [0.1, 0.15) is 44.6 Å². The molecular formula is C30H35B2NO8. The second-order valence-corrected chi connectivity index (χ2v) is 11.1. The Morgan fingerprint density at radius 3 is 2.59 bits per heavy atom. The van der Waals surface area contributed by atoms with Crippen LogP contribution in [0.2, 0.25) is 6.32 Å². The Balaban J connectivity index is 1.43. The van der Waals surface area contributed by atoms with Crippen LogP contribution >= 0.6 is 0 Å². The third-order valence-electron chi connectivity index (χ3n) is 8.52. The van der Waals surface area contributed by atoms with E-state index in [-0.39, 0.29) is 36.2 Å². The number of allylic oxidation sites excluding steroid dienone is 1. The van der Waals surface area contributed by atoms with Crippen LogP contribution in [-0.2, 0) is 14.2 Å². The van der Waals surface area contributed by atoms with Gasteiger partial charge < -0.3 is 29.9 Å². The van der Waals surface area contributed by atoms with Gasteiger partial charge in [0, 0.05) is 5.56 Å². The number of para-hydroxylation sites is 1. The average molecular weight is 559 g/mol. The Hall–Kier alpha value is -3.21. The first-order valence-electron chi connectivity index (χ1n) is 14.2. The number of amides is 2. The van der Waals surface area contributed by atoms with E-state index in [1.807, 2.05) is 18.2 Å². The normalized spacial score (nSPS) is 24.6. The predicted octanol–water partition coefficient (Wildman–Crippen LogP) is 2.03. The van der Waals surface area contributed by atoms with Crippen molar-refractivity contribution in [3.8, 4) is 5.75 Å². The number of phenols is 1. The molecule has 2 saturated heterocycles. The van der Waals surface area contributed by atoms with E-state index in [9.17, 15) is 34.9 Å². The summed E-state index contributed by atoms with van der Waals surface area (Å²) in [6.45, 7) is 1.79. The molecule has 2 aromatic rings. The van der Waals surface area contributed by atoms with Gasteiger partial charge >= 0.3 is 14.2 Å². The summed E-state index contributed by atoms with van der Waals surface area (Å²) in [5, 5.41) is 50.6. The van der Waals surface area contributed by atoms with Crippen molar-refractivity contribution in [1.29, 1.82) is 0 Å². The van der Waals surface area contributed by atoms with E-state index in [1.54, 1.807) is 24.3 Å². The number of aromatic hydroxyl groups is 1. The molecule has 9 nitrogen and oxygen atoms in total. The van der Waals surface area contributed by atoms with Crippen molar-refractivity contribution in [2.24, 2.45) is 17.8 Å². The van der Waals surface area contributed by atoms with Gasteiger partial charge in [-0.25, -0.2) is 0 Å². The Labute approximate surface area is 240 Å². The molecule has 0 spiro atoms. The zero-order chi connectivity index (χ0) is 29.3. The second-order valence-electron chi connectivity index (χ2n) is 11.1. The second kappa shape index (κ2) is 12.3. The van der Waals surface area contributed by atoms with Gasteiger partial charge in [-0.2, -0.15) is 0 Å². The van der Waals surface area contributed by atoms with E-state index in [0.717, 1.165) is 34.5 Å². The lowest BCUT2D eigenvalue weighted by molar-refractivity contribution is -0.122. The molecule has 2 amide bonds. The Bertz CT molecular complexity index is 1380. The van der Waals surface area contributed by atoms with Crippen molar-refractivity contribution >= 4 is 43.3 Å². The van der Waals surface area contributed by atoms with Crippen LogP contribution < -0.4 is 10.4 Å². The van der Waals surface area contributed by atoms with Crippen LogP contribution in [0.4, 0.5) is 5.69 Å². The van der Waals surface area contributed by atoms with Crippen molar-refractivity contribution in [2.45, 2.75) is 51.5 Å². The number of carbonyl (C=O) groups is 2. The minimum atomic E-state index is -1.75. The van der Waals surface area contributed by atoms with Gasteiger partial charge in [0.05, 0.1) is 30.2 Å². The molecule has 2 fully saturated rings. The van der Waals surface area contributed by atoms with E-state index in [0.29, 0.717) is 18.4 Å². The fourth-order valence-corrected chi connectivity index (χ4v) is 6.73. The summed E-state index contributed by atoms with van der Waals surface area (Å²) in [4.78, 5) is 28.5. The Kier molecular flexibility index (Phi) is 8.82. The summed E-state index contributed by atoms with van der Waals surface area (Å²) >= 11 is 0. The minimum Gasteiger partial charge on any atom is -0.507 e. The molecule has 214 valence electrons. The molecule has 1 aliphatic carbocycles. The van der Waals surface area contributed by atoms with Crippen LogP contribution in [0.15, 0.2) is 65.3 Å². The van der Waals surface area contributed by atoms with Gasteiger partial charge in [-0.1, -0.05) is 55.3 Å². The highest BCUT2D eigenvalue weighted by Gasteiger charge is 2.57. The smallest absolute Gasteiger partial charge is 0.488 e. The lowest BCUT2D eigenvalue weighted by Crippen LogP contribution is -2.46. The molecule has 2 aliphatic heterocycles. The number of hydrogen-bond acceptors (Lipinski definition) is 8. The van der Waals surface area contributed by atoms with E-state index in [4.69, 9.17) is 4.65 Å². The zero-order valence-electron chi connectivity index (χ0n) is 23.0. The number of rotatable bonds is 9. The number of fused-ring (bicyclic) bond motifs is 3. The minimum absolute atomic E-state index is 0.133. The van der Waals surface area contributed by atoms with Gasteiger partial charge in [0.2, 0.25) is 11.8 Å².